The molecule has 1 heterocycles. The van der Waals surface area contributed by atoms with Gasteiger partial charge in [0.2, 0.25) is 0 Å². The Morgan fingerprint density at radius 3 is 2.69 bits per heavy atom. The molecule has 3 heteroatoms. The molecule has 3 N–H and O–H groups in total. The van der Waals surface area contributed by atoms with Crippen molar-refractivity contribution < 1.29 is 5.11 Å². The fourth-order valence-electron chi connectivity index (χ4n) is 2.27. The van der Waals surface area contributed by atoms with E-state index in [1.165, 1.54) is 5.56 Å². The minimum Gasteiger partial charge on any atom is -0.390 e. The monoisotopic (exact) mass is 220 g/mol. The molecule has 3 atom stereocenters. The Morgan fingerprint density at radius 1 is 1.38 bits per heavy atom. The van der Waals surface area contributed by atoms with Crippen LogP contribution in [0.1, 0.15) is 24.9 Å². The van der Waals surface area contributed by atoms with Crippen molar-refractivity contribution in [2.75, 3.05) is 13.1 Å². The number of piperidine rings is 1. The fraction of sp³-hybridized carbons (Fsp3) is 0.538. The molecule has 0 radical (unpaired) electrons. The predicted octanol–water partition coefficient (Wildman–Crippen LogP) is 1.14. The molecule has 0 amide bonds. The van der Waals surface area contributed by atoms with Crippen LogP contribution in [0.5, 0.6) is 0 Å². The van der Waals surface area contributed by atoms with E-state index in [4.69, 9.17) is 5.73 Å². The molecule has 88 valence electrons. The number of aliphatic hydroxyl groups is 1. The molecule has 16 heavy (non-hydrogen) atoms. The summed E-state index contributed by atoms with van der Waals surface area (Å²) in [6, 6.07) is 10.7. The minimum absolute atomic E-state index is 0.0563. The van der Waals surface area contributed by atoms with Crippen LogP contribution < -0.4 is 5.73 Å². The van der Waals surface area contributed by atoms with Crippen LogP contribution in [0.25, 0.3) is 0 Å². The average molecular weight is 220 g/mol. The van der Waals surface area contributed by atoms with E-state index in [-0.39, 0.29) is 12.1 Å². The molecule has 0 bridgehead atoms. The number of hydrogen-bond acceptors (Lipinski definition) is 3. The molecule has 1 fully saturated rings. The standard InChI is InChI=1S/C13H20N2O/c1-10(11-5-3-2-4-6-11)15-8-7-12(14)13(16)9-15/h2-6,10,12-13,16H,7-9,14H2,1H3/t10?,12-,13-/m0/s1. The smallest absolute Gasteiger partial charge is 0.0818 e. The highest BCUT2D eigenvalue weighted by molar-refractivity contribution is 5.18. The Morgan fingerprint density at radius 2 is 2.06 bits per heavy atom. The van der Waals surface area contributed by atoms with Crippen LogP contribution in [0.3, 0.4) is 0 Å². The molecule has 0 saturated carbocycles. The van der Waals surface area contributed by atoms with Crippen LogP contribution in [0, 0.1) is 0 Å². The Hall–Kier alpha value is -0.900. The van der Waals surface area contributed by atoms with Crippen molar-refractivity contribution in [1.29, 1.82) is 0 Å². The maximum Gasteiger partial charge on any atom is 0.0818 e. The number of nitrogens with zero attached hydrogens (tertiary/aromatic N) is 1. The van der Waals surface area contributed by atoms with Gasteiger partial charge in [-0.15, -0.1) is 0 Å². The number of β-amino-alcohol motifs (C(OH)–C–C–N with tert-alkyl or cyclic N) is 1. The predicted molar refractivity (Wildman–Crippen MR) is 65.0 cm³/mol. The molecule has 1 saturated heterocycles. The Kier molecular flexibility index (Phi) is 3.59. The number of benzene rings is 1. The van der Waals surface area contributed by atoms with E-state index in [9.17, 15) is 5.11 Å². The van der Waals surface area contributed by atoms with Crippen LogP contribution >= 0.6 is 0 Å². The molecular formula is C13H20N2O. The van der Waals surface area contributed by atoms with Crippen molar-refractivity contribution in [3.05, 3.63) is 35.9 Å². The van der Waals surface area contributed by atoms with Gasteiger partial charge >= 0.3 is 0 Å². The summed E-state index contributed by atoms with van der Waals surface area (Å²) in [6.07, 6.45) is 0.484. The molecular weight excluding hydrogens is 200 g/mol. The van der Waals surface area contributed by atoms with Gasteiger partial charge in [-0.05, 0) is 18.9 Å². The van der Waals surface area contributed by atoms with Crippen molar-refractivity contribution in [2.45, 2.75) is 31.5 Å². The number of aliphatic hydroxyl groups excluding tert-OH is 1. The third-order valence-electron chi connectivity index (χ3n) is 3.50. The lowest BCUT2D eigenvalue weighted by Crippen LogP contribution is -2.51. The second-order valence-corrected chi connectivity index (χ2v) is 4.60. The number of rotatable bonds is 2. The Labute approximate surface area is 96.9 Å². The minimum atomic E-state index is -0.389. The maximum atomic E-state index is 9.78. The van der Waals surface area contributed by atoms with E-state index in [1.807, 2.05) is 6.07 Å². The zero-order chi connectivity index (χ0) is 11.5. The van der Waals surface area contributed by atoms with Crippen LogP contribution in [0.15, 0.2) is 30.3 Å². The summed E-state index contributed by atoms with van der Waals surface area (Å²) in [7, 11) is 0. The van der Waals surface area contributed by atoms with E-state index in [0.29, 0.717) is 12.6 Å². The molecule has 1 aromatic carbocycles. The summed E-state index contributed by atoms with van der Waals surface area (Å²) in [5.41, 5.74) is 7.10. The highest BCUT2D eigenvalue weighted by Crippen LogP contribution is 2.23. The lowest BCUT2D eigenvalue weighted by Gasteiger charge is -2.38. The first kappa shape index (κ1) is 11.6. The molecule has 1 unspecified atom stereocenters. The normalized spacial score (nSPS) is 28.9. The van der Waals surface area contributed by atoms with Gasteiger partial charge in [0, 0.05) is 25.2 Å². The Bertz CT molecular complexity index is 328. The zero-order valence-electron chi connectivity index (χ0n) is 9.71. The van der Waals surface area contributed by atoms with Crippen molar-refractivity contribution in [2.24, 2.45) is 5.73 Å². The first-order chi connectivity index (χ1) is 7.68. The second-order valence-electron chi connectivity index (χ2n) is 4.60. The van der Waals surface area contributed by atoms with E-state index < -0.39 is 0 Å². The van der Waals surface area contributed by atoms with E-state index in [1.54, 1.807) is 0 Å². The second kappa shape index (κ2) is 4.95. The summed E-state index contributed by atoms with van der Waals surface area (Å²) >= 11 is 0. The van der Waals surface area contributed by atoms with Gasteiger partial charge in [-0.3, -0.25) is 4.90 Å². The van der Waals surface area contributed by atoms with Crippen molar-refractivity contribution in [1.82, 2.24) is 4.90 Å². The van der Waals surface area contributed by atoms with Gasteiger partial charge < -0.3 is 10.8 Å². The highest BCUT2D eigenvalue weighted by Gasteiger charge is 2.27. The Balaban J connectivity index is 2.03. The van der Waals surface area contributed by atoms with E-state index in [2.05, 4.69) is 36.1 Å². The molecule has 2 rings (SSSR count). The molecule has 0 aromatic heterocycles. The van der Waals surface area contributed by atoms with Gasteiger partial charge in [-0.1, -0.05) is 30.3 Å². The van der Waals surface area contributed by atoms with Gasteiger partial charge in [0.25, 0.3) is 0 Å². The maximum absolute atomic E-state index is 9.78. The number of likely N-dealkylation sites (tertiary alicyclic amines) is 1. The summed E-state index contributed by atoms with van der Waals surface area (Å²) in [5, 5.41) is 9.78. The number of nitrogens with two attached hydrogens (primary N) is 1. The van der Waals surface area contributed by atoms with E-state index in [0.717, 1.165) is 13.0 Å². The fourth-order valence-corrected chi connectivity index (χ4v) is 2.27. The molecule has 1 aliphatic rings. The quantitative estimate of drug-likeness (QED) is 0.786. The lowest BCUT2D eigenvalue weighted by atomic mass is 9.99. The third-order valence-corrected chi connectivity index (χ3v) is 3.50. The molecule has 1 aliphatic heterocycles. The van der Waals surface area contributed by atoms with Crippen molar-refractivity contribution in [3.63, 3.8) is 0 Å². The summed E-state index contributed by atoms with van der Waals surface area (Å²) in [4.78, 5) is 2.30. The molecule has 3 nitrogen and oxygen atoms in total. The van der Waals surface area contributed by atoms with Gasteiger partial charge in [-0.25, -0.2) is 0 Å². The largest absolute Gasteiger partial charge is 0.390 e. The van der Waals surface area contributed by atoms with Gasteiger partial charge in [-0.2, -0.15) is 0 Å². The van der Waals surface area contributed by atoms with E-state index >= 15 is 0 Å². The van der Waals surface area contributed by atoms with Gasteiger partial charge in [0.15, 0.2) is 0 Å². The van der Waals surface area contributed by atoms with Gasteiger partial charge in [0.1, 0.15) is 0 Å². The lowest BCUT2D eigenvalue weighted by molar-refractivity contribution is 0.0351. The topological polar surface area (TPSA) is 49.5 Å². The summed E-state index contributed by atoms with van der Waals surface area (Å²) in [5.74, 6) is 0. The molecule has 0 spiro atoms. The van der Waals surface area contributed by atoms with Crippen molar-refractivity contribution >= 4 is 0 Å². The van der Waals surface area contributed by atoms with Gasteiger partial charge in [0.05, 0.1) is 6.10 Å². The zero-order valence-corrected chi connectivity index (χ0v) is 9.71. The SMILES string of the molecule is CC(c1ccccc1)N1CC[C@H](N)[C@@H](O)C1. The first-order valence-electron chi connectivity index (χ1n) is 5.91. The summed E-state index contributed by atoms with van der Waals surface area (Å²) < 4.78 is 0. The van der Waals surface area contributed by atoms with Crippen LogP contribution in [-0.2, 0) is 0 Å². The average Bonchev–Trinajstić information content (AvgIpc) is 2.33. The number of hydrogen-bond donors (Lipinski definition) is 2. The van der Waals surface area contributed by atoms with Crippen molar-refractivity contribution in [3.8, 4) is 0 Å². The summed E-state index contributed by atoms with van der Waals surface area (Å²) in [6.45, 7) is 3.82. The molecule has 0 aliphatic carbocycles. The third kappa shape index (κ3) is 2.43. The van der Waals surface area contributed by atoms with Crippen LogP contribution in [0.2, 0.25) is 0 Å². The molecule has 1 aromatic rings. The highest BCUT2D eigenvalue weighted by atomic mass is 16.3. The van der Waals surface area contributed by atoms with Crippen LogP contribution in [-0.4, -0.2) is 35.2 Å². The van der Waals surface area contributed by atoms with Crippen LogP contribution in [0.4, 0.5) is 0 Å². The first-order valence-corrected chi connectivity index (χ1v) is 5.91.